The lowest BCUT2D eigenvalue weighted by Gasteiger charge is -2.30. The predicted octanol–water partition coefficient (Wildman–Crippen LogP) is 2.93. The molecule has 2 fully saturated rings. The Labute approximate surface area is 76.2 Å². The van der Waals surface area contributed by atoms with Crippen molar-refractivity contribution in [3.8, 4) is 0 Å². The van der Waals surface area contributed by atoms with Crippen molar-refractivity contribution in [3.63, 3.8) is 0 Å². The molecule has 0 heterocycles. The smallest absolute Gasteiger partial charge is 0.110 e. The molecule has 2 heteroatoms. The molecule has 0 radical (unpaired) electrons. The summed E-state index contributed by atoms with van der Waals surface area (Å²) >= 11 is 2.07. The average molecular weight is 252 g/mol. The van der Waals surface area contributed by atoms with Gasteiger partial charge in [0.25, 0.3) is 0 Å². The maximum absolute atomic E-state index is 5.50. The van der Waals surface area contributed by atoms with E-state index in [1.165, 1.54) is 25.7 Å². The quantitative estimate of drug-likeness (QED) is 0.652. The van der Waals surface area contributed by atoms with Gasteiger partial charge < -0.3 is 3.07 Å². The zero-order valence-corrected chi connectivity index (χ0v) is 8.43. The van der Waals surface area contributed by atoms with Gasteiger partial charge in [-0.25, -0.2) is 0 Å². The molecule has 2 rings (SSSR count). The van der Waals surface area contributed by atoms with E-state index in [0.29, 0.717) is 0 Å². The fourth-order valence-electron chi connectivity index (χ4n) is 2.65. The Bertz CT molecular complexity index is 148. The molecule has 0 amide bonds. The van der Waals surface area contributed by atoms with Crippen LogP contribution in [0, 0.1) is 11.8 Å². The van der Waals surface area contributed by atoms with E-state index in [9.17, 15) is 0 Å². The lowest BCUT2D eigenvalue weighted by atomic mass is 9.86. The first kappa shape index (κ1) is 7.35. The van der Waals surface area contributed by atoms with Crippen LogP contribution in [-0.2, 0) is 3.07 Å². The minimum absolute atomic E-state index is 0.240. The predicted molar refractivity (Wildman–Crippen MR) is 49.0 cm³/mol. The van der Waals surface area contributed by atoms with Crippen LogP contribution in [0.25, 0.3) is 0 Å². The Morgan fingerprint density at radius 2 is 2.30 bits per heavy atom. The molecule has 2 bridgehead atoms. The van der Waals surface area contributed by atoms with Crippen LogP contribution in [0.15, 0.2) is 0 Å². The molecule has 0 N–H and O–H groups in total. The van der Waals surface area contributed by atoms with Gasteiger partial charge in [-0.15, -0.1) is 0 Å². The van der Waals surface area contributed by atoms with Crippen molar-refractivity contribution in [2.24, 2.45) is 11.8 Å². The molecule has 1 nitrogen and oxygen atoms in total. The Kier molecular flexibility index (Phi) is 1.72. The zero-order chi connectivity index (χ0) is 7.19. The second-order valence-corrected chi connectivity index (χ2v) is 4.41. The van der Waals surface area contributed by atoms with E-state index in [2.05, 4.69) is 29.9 Å². The number of halogens is 1. The van der Waals surface area contributed by atoms with Crippen LogP contribution < -0.4 is 0 Å². The number of hydrogen-bond acceptors (Lipinski definition) is 1. The van der Waals surface area contributed by atoms with E-state index in [1.54, 1.807) is 0 Å². The highest BCUT2D eigenvalue weighted by atomic mass is 127. The molecule has 10 heavy (non-hydrogen) atoms. The van der Waals surface area contributed by atoms with Gasteiger partial charge in [0, 0.05) is 0 Å². The summed E-state index contributed by atoms with van der Waals surface area (Å²) in [5, 5.41) is 0. The van der Waals surface area contributed by atoms with Crippen LogP contribution >= 0.6 is 23.0 Å². The summed E-state index contributed by atoms with van der Waals surface area (Å²) in [6.45, 7) is 2.27. The SMILES string of the molecule is CC1(OI)CC2CCC1C2. The Hall–Kier alpha value is 0.690. The average Bonchev–Trinajstić information content (AvgIpc) is 2.46. The number of rotatable bonds is 1. The highest BCUT2D eigenvalue weighted by Crippen LogP contribution is 2.52. The summed E-state index contributed by atoms with van der Waals surface area (Å²) in [6.07, 6.45) is 5.60. The third-order valence-electron chi connectivity index (χ3n) is 3.28. The molecular weight excluding hydrogens is 239 g/mol. The third-order valence-corrected chi connectivity index (χ3v) is 4.28. The molecule has 3 unspecified atom stereocenters. The van der Waals surface area contributed by atoms with Crippen LogP contribution in [0.5, 0.6) is 0 Å². The summed E-state index contributed by atoms with van der Waals surface area (Å²) in [7, 11) is 0. The fraction of sp³-hybridized carbons (Fsp3) is 1.00. The summed E-state index contributed by atoms with van der Waals surface area (Å²) in [5.41, 5.74) is 0.240. The molecular formula is C8H13IO. The first-order valence-corrected chi connectivity index (χ1v) is 4.92. The summed E-state index contributed by atoms with van der Waals surface area (Å²) in [6, 6.07) is 0. The molecule has 2 aliphatic rings. The van der Waals surface area contributed by atoms with Crippen LogP contribution in [0.4, 0.5) is 0 Å². The molecule has 58 valence electrons. The van der Waals surface area contributed by atoms with Gasteiger partial charge in [-0.1, -0.05) is 0 Å². The summed E-state index contributed by atoms with van der Waals surface area (Å²) < 4.78 is 5.50. The fourth-order valence-corrected chi connectivity index (χ4v) is 3.19. The van der Waals surface area contributed by atoms with Crippen molar-refractivity contribution in [1.82, 2.24) is 0 Å². The van der Waals surface area contributed by atoms with Gasteiger partial charge >= 0.3 is 0 Å². The van der Waals surface area contributed by atoms with Crippen LogP contribution in [0.1, 0.15) is 32.6 Å². The third kappa shape index (κ3) is 0.916. The Morgan fingerprint density at radius 1 is 1.50 bits per heavy atom. The second-order valence-electron chi connectivity index (χ2n) is 3.97. The van der Waals surface area contributed by atoms with Gasteiger partial charge in [-0.2, -0.15) is 0 Å². The highest BCUT2D eigenvalue weighted by Gasteiger charge is 2.48. The van der Waals surface area contributed by atoms with E-state index < -0.39 is 0 Å². The van der Waals surface area contributed by atoms with Gasteiger partial charge in [-0.3, -0.25) is 0 Å². The summed E-state index contributed by atoms with van der Waals surface area (Å²) in [5.74, 6) is 1.86. The van der Waals surface area contributed by atoms with Gasteiger partial charge in [-0.05, 0) is 44.4 Å². The molecule has 0 saturated heterocycles. The maximum Gasteiger partial charge on any atom is 0.110 e. The zero-order valence-electron chi connectivity index (χ0n) is 6.27. The topological polar surface area (TPSA) is 9.23 Å². The molecule has 0 aliphatic heterocycles. The largest absolute Gasteiger partial charge is 0.309 e. The van der Waals surface area contributed by atoms with E-state index in [-0.39, 0.29) is 5.60 Å². The molecule has 0 aromatic rings. The van der Waals surface area contributed by atoms with E-state index in [0.717, 1.165) is 11.8 Å². The normalized spacial score (nSPS) is 52.2. The van der Waals surface area contributed by atoms with Crippen molar-refractivity contribution in [2.75, 3.05) is 0 Å². The van der Waals surface area contributed by atoms with E-state index >= 15 is 0 Å². The molecule has 2 aliphatic carbocycles. The van der Waals surface area contributed by atoms with E-state index in [1.807, 2.05) is 0 Å². The first-order chi connectivity index (χ1) is 4.74. The van der Waals surface area contributed by atoms with Gasteiger partial charge in [0.05, 0.1) is 5.60 Å². The van der Waals surface area contributed by atoms with Gasteiger partial charge in [0.15, 0.2) is 0 Å². The van der Waals surface area contributed by atoms with Gasteiger partial charge in [0.2, 0.25) is 0 Å². The Balaban J connectivity index is 2.14. The molecule has 3 atom stereocenters. The highest BCUT2D eigenvalue weighted by molar-refractivity contribution is 14.1. The molecule has 2 saturated carbocycles. The van der Waals surface area contributed by atoms with Gasteiger partial charge in [0.1, 0.15) is 23.0 Å². The molecule has 0 aromatic carbocycles. The maximum atomic E-state index is 5.50. The minimum Gasteiger partial charge on any atom is -0.309 e. The number of fused-ring (bicyclic) bond motifs is 2. The minimum atomic E-state index is 0.240. The van der Waals surface area contributed by atoms with Crippen molar-refractivity contribution in [1.29, 1.82) is 0 Å². The monoisotopic (exact) mass is 252 g/mol. The standard InChI is InChI=1S/C8H13IO/c1-8(10-9)5-6-2-3-7(8)4-6/h6-7H,2-5H2,1H3. The second kappa shape index (κ2) is 2.34. The van der Waals surface area contributed by atoms with Crippen molar-refractivity contribution in [3.05, 3.63) is 0 Å². The van der Waals surface area contributed by atoms with Crippen LogP contribution in [0.3, 0.4) is 0 Å². The lowest BCUT2D eigenvalue weighted by Crippen LogP contribution is -2.31. The molecule has 0 spiro atoms. The van der Waals surface area contributed by atoms with Crippen molar-refractivity contribution < 1.29 is 3.07 Å². The Morgan fingerprint density at radius 3 is 2.60 bits per heavy atom. The van der Waals surface area contributed by atoms with Crippen LogP contribution in [0.2, 0.25) is 0 Å². The lowest BCUT2D eigenvalue weighted by molar-refractivity contribution is 0.0779. The first-order valence-electron chi connectivity index (χ1n) is 4.04. The van der Waals surface area contributed by atoms with Crippen molar-refractivity contribution in [2.45, 2.75) is 38.2 Å². The van der Waals surface area contributed by atoms with Crippen LogP contribution in [-0.4, -0.2) is 5.60 Å². The summed E-state index contributed by atoms with van der Waals surface area (Å²) in [4.78, 5) is 0. The number of hydrogen-bond donors (Lipinski definition) is 0. The van der Waals surface area contributed by atoms with E-state index in [4.69, 9.17) is 3.07 Å². The van der Waals surface area contributed by atoms with Crippen molar-refractivity contribution >= 4 is 23.0 Å². The molecule has 0 aromatic heterocycles.